The minimum Gasteiger partial charge on any atom is -0.459 e. The average molecular weight is 531 g/mol. The molecule has 1 heterocycles. The average Bonchev–Trinajstić information content (AvgIpc) is 2.77. The highest BCUT2D eigenvalue weighted by atomic mass is 16.7. The van der Waals surface area contributed by atoms with Gasteiger partial charge in [-0.2, -0.15) is 0 Å². The van der Waals surface area contributed by atoms with Gasteiger partial charge in [0.1, 0.15) is 11.7 Å². The summed E-state index contributed by atoms with van der Waals surface area (Å²) in [7, 11) is 4.15. The van der Waals surface area contributed by atoms with Gasteiger partial charge in [-0.25, -0.2) is 0 Å². The third-order valence-corrected chi connectivity index (χ3v) is 7.89. The molecule has 11 atom stereocenters. The van der Waals surface area contributed by atoms with Crippen molar-refractivity contribution in [2.75, 3.05) is 14.1 Å². The number of nitrogens with zero attached hydrogens (tertiary/aromatic N) is 1. The summed E-state index contributed by atoms with van der Waals surface area (Å²) in [5, 5.41) is 22.2. The number of hydrogen-bond donors (Lipinski definition) is 3. The molecule has 0 spiro atoms. The molecule has 1 fully saturated rings. The van der Waals surface area contributed by atoms with Crippen molar-refractivity contribution in [1.82, 2.24) is 4.90 Å². The van der Waals surface area contributed by atoms with Crippen LogP contribution >= 0.6 is 0 Å². The molecule has 0 aromatic heterocycles. The van der Waals surface area contributed by atoms with Crippen molar-refractivity contribution in [1.29, 1.82) is 0 Å². The van der Waals surface area contributed by atoms with E-state index in [0.29, 0.717) is 24.8 Å². The van der Waals surface area contributed by atoms with Crippen LogP contribution in [-0.2, 0) is 19.0 Å². The molecule has 8 nitrogen and oxygen atoms in total. The summed E-state index contributed by atoms with van der Waals surface area (Å²) in [5.41, 5.74) is 4.64. The van der Waals surface area contributed by atoms with Crippen LogP contribution in [0.1, 0.15) is 94.4 Å². The van der Waals surface area contributed by atoms with Gasteiger partial charge in [-0.3, -0.25) is 4.79 Å². The Balaban J connectivity index is 3.03. The van der Waals surface area contributed by atoms with E-state index in [9.17, 15) is 15.0 Å². The first kappa shape index (κ1) is 34.3. The summed E-state index contributed by atoms with van der Waals surface area (Å²) in [4.78, 5) is 15.3. The quantitative estimate of drug-likeness (QED) is 0.273. The van der Waals surface area contributed by atoms with Gasteiger partial charge >= 0.3 is 5.97 Å². The summed E-state index contributed by atoms with van der Waals surface area (Å²) in [6, 6.07) is 0.127. The second kappa shape index (κ2) is 15.1. The molecular formula is C29H58N2O6. The van der Waals surface area contributed by atoms with Gasteiger partial charge in [0.15, 0.2) is 6.29 Å². The Morgan fingerprint density at radius 1 is 1.16 bits per heavy atom. The van der Waals surface area contributed by atoms with Crippen molar-refractivity contribution in [2.24, 2.45) is 29.4 Å². The number of hydrogen-bond acceptors (Lipinski definition) is 8. The molecule has 220 valence electrons. The van der Waals surface area contributed by atoms with E-state index in [-0.39, 0.29) is 36.4 Å². The maximum absolute atomic E-state index is 13.1. The highest BCUT2D eigenvalue weighted by Gasteiger charge is 2.41. The molecule has 0 amide bonds. The Labute approximate surface area is 226 Å². The molecule has 0 aliphatic carbocycles. The minimum atomic E-state index is -1.25. The van der Waals surface area contributed by atoms with Crippen LogP contribution < -0.4 is 5.73 Å². The van der Waals surface area contributed by atoms with Gasteiger partial charge in [0.2, 0.25) is 0 Å². The molecule has 0 radical (unpaired) electrons. The van der Waals surface area contributed by atoms with E-state index in [1.807, 2.05) is 20.8 Å². The molecule has 0 aromatic carbocycles. The van der Waals surface area contributed by atoms with Crippen LogP contribution in [0.4, 0.5) is 0 Å². The normalized spacial score (nSPS) is 28.2. The number of aliphatic hydroxyl groups excluding tert-OH is 1. The Morgan fingerprint density at radius 2 is 1.76 bits per heavy atom. The predicted octanol–water partition coefficient (Wildman–Crippen LogP) is 3.95. The zero-order chi connectivity index (χ0) is 28.7. The van der Waals surface area contributed by atoms with Crippen molar-refractivity contribution >= 4 is 5.97 Å². The second-order valence-electron chi connectivity index (χ2n) is 12.7. The smallest absolute Gasteiger partial charge is 0.311 e. The summed E-state index contributed by atoms with van der Waals surface area (Å²) < 4.78 is 18.5. The molecule has 1 rings (SSSR count). The van der Waals surface area contributed by atoms with Crippen LogP contribution in [0.15, 0.2) is 0 Å². The highest BCUT2D eigenvalue weighted by Crippen LogP contribution is 2.33. The van der Waals surface area contributed by atoms with Crippen LogP contribution in [0.25, 0.3) is 0 Å². The summed E-state index contributed by atoms with van der Waals surface area (Å²) in [6.07, 6.45) is 1.12. The second-order valence-corrected chi connectivity index (χ2v) is 12.7. The van der Waals surface area contributed by atoms with Gasteiger partial charge < -0.3 is 35.1 Å². The van der Waals surface area contributed by atoms with E-state index in [1.165, 1.54) is 0 Å². The summed E-state index contributed by atoms with van der Waals surface area (Å²) in [5.74, 6) is -1.03. The largest absolute Gasteiger partial charge is 0.459 e. The van der Waals surface area contributed by atoms with E-state index in [4.69, 9.17) is 19.9 Å². The molecule has 1 saturated heterocycles. The third-order valence-electron chi connectivity index (χ3n) is 7.89. The fraction of sp³-hybridized carbons (Fsp3) is 0.966. The number of nitrogens with two attached hydrogens (primary N) is 1. The monoisotopic (exact) mass is 530 g/mol. The highest BCUT2D eigenvalue weighted by molar-refractivity contribution is 5.73. The van der Waals surface area contributed by atoms with Crippen molar-refractivity contribution in [2.45, 2.75) is 143 Å². The number of carbonyl (C=O) groups excluding carboxylic acids is 1. The van der Waals surface area contributed by atoms with Crippen molar-refractivity contribution in [3.05, 3.63) is 0 Å². The van der Waals surface area contributed by atoms with Gasteiger partial charge in [-0.1, -0.05) is 34.6 Å². The first-order valence-corrected chi connectivity index (χ1v) is 14.3. The van der Waals surface area contributed by atoms with Crippen molar-refractivity contribution in [3.8, 4) is 0 Å². The van der Waals surface area contributed by atoms with Gasteiger partial charge in [-0.15, -0.1) is 0 Å². The van der Waals surface area contributed by atoms with Gasteiger partial charge in [0.25, 0.3) is 0 Å². The minimum absolute atomic E-state index is 0.0799. The SMILES string of the molecule is CCC(OC(=O)C(C)C(O)C(C)[C@@H](OC1CC(N(C)C)CC(C)O1)C(C)CC(C)C)[C@@](C)(O)CC(C)N. The molecule has 0 aromatic rings. The van der Waals surface area contributed by atoms with Gasteiger partial charge in [0, 0.05) is 24.4 Å². The maximum Gasteiger partial charge on any atom is 0.311 e. The topological polar surface area (TPSA) is 114 Å². The lowest BCUT2D eigenvalue weighted by atomic mass is 9.81. The van der Waals surface area contributed by atoms with Crippen molar-refractivity contribution in [3.63, 3.8) is 0 Å². The molecule has 37 heavy (non-hydrogen) atoms. The third kappa shape index (κ3) is 10.7. The predicted molar refractivity (Wildman–Crippen MR) is 148 cm³/mol. The molecular weight excluding hydrogens is 472 g/mol. The van der Waals surface area contributed by atoms with Crippen LogP contribution in [0.5, 0.6) is 0 Å². The van der Waals surface area contributed by atoms with Crippen LogP contribution in [0.3, 0.4) is 0 Å². The molecule has 9 unspecified atom stereocenters. The molecule has 8 heteroatoms. The first-order valence-electron chi connectivity index (χ1n) is 14.3. The standard InChI is InChI=1S/C29H58N2O6/c1-12-24(29(9,34)16-19(5)30)36-28(33)22(8)26(32)21(7)27(18(4)13-17(2)3)37-25-15-23(31(10)11)14-20(6)35-25/h17-27,32,34H,12-16,30H2,1-11H3/t18?,19?,20?,21?,22?,23?,24?,25?,26?,27-,29-/m0/s1. The molecule has 0 bridgehead atoms. The molecule has 1 aliphatic rings. The zero-order valence-electron chi connectivity index (χ0n) is 25.4. The maximum atomic E-state index is 13.1. The van der Waals surface area contributed by atoms with E-state index < -0.39 is 29.7 Å². The summed E-state index contributed by atoms with van der Waals surface area (Å²) >= 11 is 0. The Kier molecular flexibility index (Phi) is 14.0. The van der Waals surface area contributed by atoms with Crippen LogP contribution in [0.2, 0.25) is 0 Å². The van der Waals surface area contributed by atoms with Gasteiger partial charge in [-0.05, 0) is 79.3 Å². The number of rotatable bonds is 15. The lowest BCUT2D eigenvalue weighted by Gasteiger charge is -2.42. The lowest BCUT2D eigenvalue weighted by Crippen LogP contribution is -2.49. The van der Waals surface area contributed by atoms with Crippen LogP contribution in [-0.4, -0.2) is 83.6 Å². The molecule has 0 saturated carbocycles. The fourth-order valence-corrected chi connectivity index (χ4v) is 5.88. The van der Waals surface area contributed by atoms with E-state index in [0.717, 1.165) is 19.3 Å². The number of ether oxygens (including phenoxy) is 3. The van der Waals surface area contributed by atoms with E-state index in [2.05, 4.69) is 46.7 Å². The Hall–Kier alpha value is -0.770. The van der Waals surface area contributed by atoms with Crippen LogP contribution in [0, 0.1) is 23.7 Å². The lowest BCUT2D eigenvalue weighted by molar-refractivity contribution is -0.243. The first-order chi connectivity index (χ1) is 17.0. The Bertz CT molecular complexity index is 671. The Morgan fingerprint density at radius 3 is 2.24 bits per heavy atom. The van der Waals surface area contributed by atoms with Gasteiger partial charge in [0.05, 0.1) is 24.2 Å². The van der Waals surface area contributed by atoms with E-state index in [1.54, 1.807) is 13.8 Å². The zero-order valence-corrected chi connectivity index (χ0v) is 25.4. The number of carbonyl (C=O) groups is 1. The molecule has 4 N–H and O–H groups in total. The van der Waals surface area contributed by atoms with E-state index >= 15 is 0 Å². The van der Waals surface area contributed by atoms with Crippen molar-refractivity contribution < 1.29 is 29.2 Å². The number of aliphatic hydroxyl groups is 2. The fourth-order valence-electron chi connectivity index (χ4n) is 5.88. The summed E-state index contributed by atoms with van der Waals surface area (Å²) in [6.45, 7) is 17.5. The number of esters is 1. The molecule has 1 aliphatic heterocycles.